The number of pyridine rings is 1. The number of fused-ring (bicyclic) bond motifs is 2. The van der Waals surface area contributed by atoms with Crippen LogP contribution in [0.1, 0.15) is 16.1 Å². The summed E-state index contributed by atoms with van der Waals surface area (Å²) in [6, 6.07) is 13.5. The first-order valence-electron chi connectivity index (χ1n) is 9.39. The number of nitrogens with zero attached hydrogens (tertiary/aromatic N) is 3. The maximum atomic E-state index is 13.0. The van der Waals surface area contributed by atoms with Gasteiger partial charge in [0.2, 0.25) is 5.95 Å². The highest BCUT2D eigenvalue weighted by atomic mass is 35.5. The predicted molar refractivity (Wildman–Crippen MR) is 115 cm³/mol. The molecule has 0 saturated heterocycles. The topological polar surface area (TPSA) is 75.1 Å². The molecule has 1 amide bonds. The van der Waals surface area contributed by atoms with Crippen LogP contribution < -0.4 is 5.32 Å². The fraction of sp³-hybridized carbons (Fsp3) is 0.0455. The van der Waals surface area contributed by atoms with E-state index in [9.17, 15) is 18.0 Å². The van der Waals surface area contributed by atoms with Crippen LogP contribution in [0.2, 0.25) is 5.02 Å². The third kappa shape index (κ3) is 3.78. The molecule has 0 radical (unpaired) electrons. The molecule has 6 nitrogen and oxygen atoms in total. The predicted octanol–water partition coefficient (Wildman–Crippen LogP) is 5.80. The van der Waals surface area contributed by atoms with E-state index >= 15 is 0 Å². The Morgan fingerprint density at radius 1 is 1.00 bits per heavy atom. The SMILES string of the molecule is O=C(Nc1nc2cc(-c3cccc(C(F)(F)F)c3)ccc2[nH]1)c1cn2cc(Cl)ccc2n1. The van der Waals surface area contributed by atoms with Gasteiger partial charge < -0.3 is 9.38 Å². The standard InChI is InChI=1S/C22H13ClF3N5O/c23-15-5-7-19-27-18(11-31(19)10-15)20(32)30-21-28-16-6-4-13(9-17(16)29-21)12-2-1-3-14(8-12)22(24,25)26/h1-11H,(H2,28,29,30,32). The lowest BCUT2D eigenvalue weighted by Crippen LogP contribution is -2.13. The second-order valence-corrected chi connectivity index (χ2v) is 7.53. The lowest BCUT2D eigenvalue weighted by atomic mass is 10.0. The molecule has 160 valence electrons. The molecule has 3 heterocycles. The Hall–Kier alpha value is -3.85. The molecule has 5 rings (SSSR count). The molecule has 0 atom stereocenters. The van der Waals surface area contributed by atoms with Crippen molar-refractivity contribution in [2.75, 3.05) is 5.32 Å². The summed E-state index contributed by atoms with van der Waals surface area (Å²) in [5.74, 6) is -0.275. The maximum absolute atomic E-state index is 13.0. The average Bonchev–Trinajstić information content (AvgIpc) is 3.35. The van der Waals surface area contributed by atoms with Gasteiger partial charge >= 0.3 is 6.18 Å². The highest BCUT2D eigenvalue weighted by molar-refractivity contribution is 6.30. The Bertz CT molecular complexity index is 1490. The van der Waals surface area contributed by atoms with E-state index in [2.05, 4.69) is 20.3 Å². The van der Waals surface area contributed by atoms with Gasteiger partial charge in [0.15, 0.2) is 0 Å². The number of carbonyl (C=O) groups excluding carboxylic acids is 1. The molecule has 2 aromatic carbocycles. The molecule has 5 aromatic rings. The molecule has 0 aliphatic rings. The zero-order chi connectivity index (χ0) is 22.5. The van der Waals surface area contributed by atoms with Crippen LogP contribution in [0.25, 0.3) is 27.8 Å². The van der Waals surface area contributed by atoms with E-state index in [0.29, 0.717) is 32.8 Å². The Labute approximate surface area is 183 Å². The summed E-state index contributed by atoms with van der Waals surface area (Å²) < 4.78 is 40.7. The number of anilines is 1. The van der Waals surface area contributed by atoms with Crippen molar-refractivity contribution in [2.45, 2.75) is 6.18 Å². The van der Waals surface area contributed by atoms with Crippen LogP contribution in [0.4, 0.5) is 19.1 Å². The molecule has 2 N–H and O–H groups in total. The third-order valence-corrected chi connectivity index (χ3v) is 5.11. The van der Waals surface area contributed by atoms with Gasteiger partial charge in [0.05, 0.1) is 21.6 Å². The molecule has 0 aliphatic heterocycles. The lowest BCUT2D eigenvalue weighted by molar-refractivity contribution is -0.137. The quantitative estimate of drug-likeness (QED) is 0.361. The normalized spacial score (nSPS) is 11.9. The second-order valence-electron chi connectivity index (χ2n) is 7.09. The molecule has 0 saturated carbocycles. The zero-order valence-corrected chi connectivity index (χ0v) is 16.9. The van der Waals surface area contributed by atoms with Gasteiger partial charge in [-0.15, -0.1) is 0 Å². The highest BCUT2D eigenvalue weighted by Crippen LogP contribution is 2.33. The van der Waals surface area contributed by atoms with Crippen molar-refractivity contribution in [3.63, 3.8) is 0 Å². The molecule has 3 aromatic heterocycles. The fourth-order valence-electron chi connectivity index (χ4n) is 3.37. The van der Waals surface area contributed by atoms with Crippen LogP contribution in [0.3, 0.4) is 0 Å². The van der Waals surface area contributed by atoms with Gasteiger partial charge in [-0.25, -0.2) is 9.97 Å². The van der Waals surface area contributed by atoms with E-state index in [1.807, 2.05) is 0 Å². The van der Waals surface area contributed by atoms with Gasteiger partial charge in [-0.1, -0.05) is 29.8 Å². The Balaban J connectivity index is 1.42. The number of hydrogen-bond donors (Lipinski definition) is 2. The van der Waals surface area contributed by atoms with Crippen molar-refractivity contribution in [1.29, 1.82) is 0 Å². The van der Waals surface area contributed by atoms with Crippen molar-refractivity contribution in [1.82, 2.24) is 19.4 Å². The van der Waals surface area contributed by atoms with E-state index in [-0.39, 0.29) is 11.6 Å². The number of nitrogens with one attached hydrogen (secondary N) is 2. The molecule has 0 unspecified atom stereocenters. The molecule has 0 fully saturated rings. The van der Waals surface area contributed by atoms with Gasteiger partial charge in [-0.05, 0) is 47.5 Å². The van der Waals surface area contributed by atoms with Crippen molar-refractivity contribution >= 4 is 40.1 Å². The van der Waals surface area contributed by atoms with Crippen LogP contribution in [0.15, 0.2) is 67.0 Å². The van der Waals surface area contributed by atoms with Crippen molar-refractivity contribution in [2.24, 2.45) is 0 Å². The maximum Gasteiger partial charge on any atom is 0.416 e. The minimum atomic E-state index is -4.42. The summed E-state index contributed by atoms with van der Waals surface area (Å²) in [5, 5.41) is 3.16. The molecular formula is C22H13ClF3N5O. The number of imidazole rings is 2. The van der Waals surface area contributed by atoms with Crippen LogP contribution in [-0.2, 0) is 6.18 Å². The number of hydrogen-bond acceptors (Lipinski definition) is 3. The number of carbonyl (C=O) groups is 1. The number of amides is 1. The molecule has 10 heteroatoms. The molecule has 32 heavy (non-hydrogen) atoms. The summed E-state index contributed by atoms with van der Waals surface area (Å²) in [7, 11) is 0. The van der Waals surface area contributed by atoms with Crippen molar-refractivity contribution in [3.8, 4) is 11.1 Å². The van der Waals surface area contributed by atoms with Crippen LogP contribution in [-0.4, -0.2) is 25.3 Å². The Morgan fingerprint density at radius 3 is 2.62 bits per heavy atom. The number of benzene rings is 2. The second kappa shape index (κ2) is 7.38. The van der Waals surface area contributed by atoms with E-state index in [0.717, 1.165) is 12.1 Å². The highest BCUT2D eigenvalue weighted by Gasteiger charge is 2.30. The number of aromatic amines is 1. The third-order valence-electron chi connectivity index (χ3n) is 4.89. The summed E-state index contributed by atoms with van der Waals surface area (Å²) in [4.78, 5) is 24.1. The van der Waals surface area contributed by atoms with Crippen molar-refractivity contribution in [3.05, 3.63) is 83.3 Å². The molecule has 0 bridgehead atoms. The zero-order valence-electron chi connectivity index (χ0n) is 16.1. The minimum absolute atomic E-state index is 0.178. The Morgan fingerprint density at radius 2 is 1.81 bits per heavy atom. The number of halogens is 4. The summed E-state index contributed by atoms with van der Waals surface area (Å²) in [6.07, 6.45) is -1.24. The van der Waals surface area contributed by atoms with Crippen LogP contribution >= 0.6 is 11.6 Å². The summed E-state index contributed by atoms with van der Waals surface area (Å²) in [5.41, 5.74) is 2.13. The first-order valence-corrected chi connectivity index (χ1v) is 9.77. The van der Waals surface area contributed by atoms with Gasteiger partial charge in [-0.2, -0.15) is 13.2 Å². The molecular weight excluding hydrogens is 443 g/mol. The lowest BCUT2D eigenvalue weighted by Gasteiger charge is -2.08. The van der Waals surface area contributed by atoms with E-state index < -0.39 is 17.6 Å². The largest absolute Gasteiger partial charge is 0.416 e. The summed E-state index contributed by atoms with van der Waals surface area (Å²) >= 11 is 5.95. The first-order chi connectivity index (χ1) is 15.3. The Kier molecular flexibility index (Phi) is 4.63. The van der Waals surface area contributed by atoms with Gasteiger partial charge in [0.1, 0.15) is 11.3 Å². The first kappa shape index (κ1) is 20.1. The van der Waals surface area contributed by atoms with Crippen LogP contribution in [0, 0.1) is 0 Å². The van der Waals surface area contributed by atoms with E-state index in [1.165, 1.54) is 6.07 Å². The number of aromatic nitrogens is 4. The average molecular weight is 456 g/mol. The minimum Gasteiger partial charge on any atom is -0.324 e. The summed E-state index contributed by atoms with van der Waals surface area (Å²) in [6.45, 7) is 0. The van der Waals surface area contributed by atoms with Gasteiger partial charge in [0.25, 0.3) is 5.91 Å². The van der Waals surface area contributed by atoms with Gasteiger partial charge in [-0.3, -0.25) is 10.1 Å². The number of rotatable bonds is 3. The van der Waals surface area contributed by atoms with E-state index in [4.69, 9.17) is 11.6 Å². The van der Waals surface area contributed by atoms with Gasteiger partial charge in [0, 0.05) is 12.4 Å². The monoisotopic (exact) mass is 455 g/mol. The van der Waals surface area contributed by atoms with Crippen molar-refractivity contribution < 1.29 is 18.0 Å². The molecule has 0 aliphatic carbocycles. The number of H-pyrrole nitrogens is 1. The fourth-order valence-corrected chi connectivity index (χ4v) is 3.53. The molecule has 0 spiro atoms. The van der Waals surface area contributed by atoms with E-state index in [1.54, 1.807) is 53.2 Å². The van der Waals surface area contributed by atoms with Crippen LogP contribution in [0.5, 0.6) is 0 Å². The smallest absolute Gasteiger partial charge is 0.324 e. The number of alkyl halides is 3.